The molecule has 168 valence electrons. The summed E-state index contributed by atoms with van der Waals surface area (Å²) in [5.41, 5.74) is 3.30. The Labute approximate surface area is 206 Å². The molecular formula is C24H21ClN4O2S2. The summed E-state index contributed by atoms with van der Waals surface area (Å²) in [6, 6.07) is 19.7. The van der Waals surface area contributed by atoms with Crippen LogP contribution in [-0.4, -0.2) is 28.0 Å². The summed E-state index contributed by atoms with van der Waals surface area (Å²) < 4.78 is 6.80. The molecule has 0 aliphatic heterocycles. The zero-order chi connectivity index (χ0) is 23.4. The van der Waals surface area contributed by atoms with Crippen LogP contribution >= 0.6 is 35.2 Å². The Hall–Kier alpha value is -3.20. The van der Waals surface area contributed by atoms with Crippen LogP contribution in [0.15, 0.2) is 66.9 Å². The minimum absolute atomic E-state index is 0.271. The first kappa shape index (κ1) is 23.0. The summed E-state index contributed by atoms with van der Waals surface area (Å²) >= 11 is 13.3. The van der Waals surface area contributed by atoms with Gasteiger partial charge < -0.3 is 15.4 Å². The summed E-state index contributed by atoms with van der Waals surface area (Å²) in [6.45, 7) is 2.54. The summed E-state index contributed by atoms with van der Waals surface area (Å²) in [5.74, 6) is -0.00467. The number of nitrogens with zero attached hydrogens (tertiary/aromatic N) is 2. The summed E-state index contributed by atoms with van der Waals surface area (Å²) in [5, 5.41) is 11.9. The normalized spacial score (nSPS) is 10.6. The van der Waals surface area contributed by atoms with E-state index in [0.717, 1.165) is 21.6 Å². The highest BCUT2D eigenvalue weighted by Gasteiger charge is 2.24. The molecule has 2 heterocycles. The van der Waals surface area contributed by atoms with Gasteiger partial charge in [0.25, 0.3) is 0 Å². The van der Waals surface area contributed by atoms with Crippen molar-refractivity contribution in [2.75, 3.05) is 17.7 Å². The van der Waals surface area contributed by atoms with Gasteiger partial charge in [0.2, 0.25) is 0 Å². The number of hydrogen-bond acceptors (Lipinski definition) is 5. The predicted octanol–water partition coefficient (Wildman–Crippen LogP) is 6.22. The number of thiocarbonyl (C=S) groups is 1. The summed E-state index contributed by atoms with van der Waals surface area (Å²) in [6.07, 6.45) is 1.74. The van der Waals surface area contributed by atoms with Crippen molar-refractivity contribution in [2.45, 2.75) is 13.5 Å². The van der Waals surface area contributed by atoms with Crippen LogP contribution in [0.1, 0.15) is 20.8 Å². The smallest absolute Gasteiger partial charge is 0.341 e. The Morgan fingerprint density at radius 3 is 2.45 bits per heavy atom. The first-order valence-corrected chi connectivity index (χ1v) is 11.7. The van der Waals surface area contributed by atoms with Gasteiger partial charge in [0.1, 0.15) is 15.6 Å². The highest BCUT2D eigenvalue weighted by atomic mass is 35.5. The SMILES string of the molecule is COC(=O)c1c(NC(=S)Nc2nn(Cc3ccccc3)cc2Cl)sc(C)c1-c1ccccc1. The van der Waals surface area contributed by atoms with E-state index in [2.05, 4.69) is 15.7 Å². The molecule has 0 fully saturated rings. The van der Waals surface area contributed by atoms with Gasteiger partial charge in [0.05, 0.1) is 13.7 Å². The van der Waals surface area contributed by atoms with Crippen LogP contribution in [-0.2, 0) is 11.3 Å². The first-order valence-electron chi connectivity index (χ1n) is 10.1. The maximum atomic E-state index is 12.7. The lowest BCUT2D eigenvalue weighted by Gasteiger charge is -2.10. The first-order chi connectivity index (χ1) is 16.0. The minimum Gasteiger partial charge on any atom is -0.465 e. The topological polar surface area (TPSA) is 68.2 Å². The highest BCUT2D eigenvalue weighted by Crippen LogP contribution is 2.40. The van der Waals surface area contributed by atoms with Gasteiger partial charge in [0, 0.05) is 16.6 Å². The Kier molecular flexibility index (Phi) is 7.08. The van der Waals surface area contributed by atoms with E-state index in [1.54, 1.807) is 10.9 Å². The number of nitrogens with one attached hydrogen (secondary N) is 2. The van der Waals surface area contributed by atoms with Gasteiger partial charge in [-0.3, -0.25) is 4.68 Å². The average Bonchev–Trinajstić information content (AvgIpc) is 3.32. The number of esters is 1. The molecule has 2 N–H and O–H groups in total. The number of anilines is 2. The van der Waals surface area contributed by atoms with Gasteiger partial charge in [-0.05, 0) is 30.3 Å². The number of hydrogen-bond donors (Lipinski definition) is 2. The van der Waals surface area contributed by atoms with Crippen LogP contribution < -0.4 is 10.6 Å². The van der Waals surface area contributed by atoms with Crippen molar-refractivity contribution in [3.05, 3.63) is 87.9 Å². The molecule has 6 nitrogen and oxygen atoms in total. The molecule has 33 heavy (non-hydrogen) atoms. The quantitative estimate of drug-likeness (QED) is 0.244. The van der Waals surface area contributed by atoms with Crippen LogP contribution in [0, 0.1) is 6.92 Å². The lowest BCUT2D eigenvalue weighted by molar-refractivity contribution is 0.0603. The number of rotatable bonds is 6. The number of methoxy groups -OCH3 is 1. The van der Waals surface area contributed by atoms with Gasteiger partial charge in [-0.2, -0.15) is 5.10 Å². The molecule has 0 atom stereocenters. The predicted molar refractivity (Wildman–Crippen MR) is 138 cm³/mol. The molecule has 0 unspecified atom stereocenters. The van der Waals surface area contributed by atoms with E-state index in [9.17, 15) is 4.79 Å². The fourth-order valence-corrected chi connectivity index (χ4v) is 4.99. The van der Waals surface area contributed by atoms with Crippen molar-refractivity contribution < 1.29 is 9.53 Å². The molecule has 0 bridgehead atoms. The number of aryl methyl sites for hydroxylation is 1. The number of halogens is 1. The van der Waals surface area contributed by atoms with Crippen LogP contribution in [0.2, 0.25) is 5.02 Å². The molecule has 0 saturated carbocycles. The average molecular weight is 497 g/mol. The van der Waals surface area contributed by atoms with Crippen LogP contribution in [0.5, 0.6) is 0 Å². The lowest BCUT2D eigenvalue weighted by atomic mass is 10.0. The molecule has 0 spiro atoms. The van der Waals surface area contributed by atoms with Crippen molar-refractivity contribution >= 4 is 57.1 Å². The van der Waals surface area contributed by atoms with Crippen LogP contribution in [0.4, 0.5) is 10.8 Å². The van der Waals surface area contributed by atoms with E-state index in [-0.39, 0.29) is 5.11 Å². The number of ether oxygens (including phenoxy) is 1. The van der Waals surface area contributed by atoms with Crippen molar-refractivity contribution in [1.82, 2.24) is 9.78 Å². The molecular weight excluding hydrogens is 476 g/mol. The molecule has 4 aromatic rings. The maximum Gasteiger partial charge on any atom is 0.341 e. The maximum absolute atomic E-state index is 12.7. The standard InChI is InChI=1S/C24H21ClN4O2S2/c1-15-19(17-11-7-4-8-12-17)20(23(30)31-2)22(33-15)27-24(32)26-21-18(25)14-29(28-21)13-16-9-5-3-6-10-16/h3-12,14H,13H2,1-2H3,(H2,26,27,28,32). The molecule has 0 amide bonds. The third kappa shape index (κ3) is 5.24. The Balaban J connectivity index is 1.55. The van der Waals surface area contributed by atoms with Crippen molar-refractivity contribution in [3.63, 3.8) is 0 Å². The second kappa shape index (κ2) is 10.2. The van der Waals surface area contributed by atoms with Gasteiger partial charge in [-0.15, -0.1) is 11.3 Å². The van der Waals surface area contributed by atoms with E-state index < -0.39 is 5.97 Å². The van der Waals surface area contributed by atoms with Gasteiger partial charge in [0.15, 0.2) is 10.9 Å². The van der Waals surface area contributed by atoms with Crippen molar-refractivity contribution in [1.29, 1.82) is 0 Å². The Bertz CT molecular complexity index is 1290. The minimum atomic E-state index is -0.436. The molecule has 0 aliphatic rings. The fraction of sp³-hybridized carbons (Fsp3) is 0.125. The van der Waals surface area contributed by atoms with Gasteiger partial charge in [-0.1, -0.05) is 72.3 Å². The largest absolute Gasteiger partial charge is 0.465 e. The van der Waals surface area contributed by atoms with Gasteiger partial charge in [-0.25, -0.2) is 4.79 Å². The van der Waals surface area contributed by atoms with Gasteiger partial charge >= 0.3 is 5.97 Å². The number of carbonyl (C=O) groups excluding carboxylic acids is 1. The number of benzene rings is 2. The van der Waals surface area contributed by atoms with E-state index in [4.69, 9.17) is 28.6 Å². The summed E-state index contributed by atoms with van der Waals surface area (Å²) in [4.78, 5) is 13.6. The molecule has 0 radical (unpaired) electrons. The summed E-state index contributed by atoms with van der Waals surface area (Å²) in [7, 11) is 1.36. The van der Waals surface area contributed by atoms with E-state index in [0.29, 0.717) is 27.9 Å². The fourth-order valence-electron chi connectivity index (χ4n) is 3.46. The molecule has 4 rings (SSSR count). The number of aromatic nitrogens is 2. The van der Waals surface area contributed by atoms with E-state index in [1.807, 2.05) is 67.6 Å². The molecule has 2 aromatic carbocycles. The Morgan fingerprint density at radius 1 is 1.12 bits per heavy atom. The third-order valence-electron chi connectivity index (χ3n) is 4.90. The lowest BCUT2D eigenvalue weighted by Crippen LogP contribution is -2.20. The van der Waals surface area contributed by atoms with Crippen LogP contribution in [0.25, 0.3) is 11.1 Å². The molecule has 0 aliphatic carbocycles. The number of thiophene rings is 1. The van der Waals surface area contributed by atoms with Crippen molar-refractivity contribution in [3.8, 4) is 11.1 Å². The molecule has 9 heteroatoms. The third-order valence-corrected chi connectivity index (χ3v) is 6.40. The van der Waals surface area contributed by atoms with E-state index in [1.165, 1.54) is 18.4 Å². The van der Waals surface area contributed by atoms with E-state index >= 15 is 0 Å². The Morgan fingerprint density at radius 2 is 1.79 bits per heavy atom. The van der Waals surface area contributed by atoms with Crippen LogP contribution in [0.3, 0.4) is 0 Å². The second-order valence-electron chi connectivity index (χ2n) is 7.18. The second-order valence-corrected chi connectivity index (χ2v) is 9.22. The zero-order valence-corrected chi connectivity index (χ0v) is 20.4. The molecule has 2 aromatic heterocycles. The number of carbonyl (C=O) groups is 1. The van der Waals surface area contributed by atoms with Crippen molar-refractivity contribution in [2.24, 2.45) is 0 Å². The zero-order valence-electron chi connectivity index (χ0n) is 18.0. The monoisotopic (exact) mass is 496 g/mol. The highest BCUT2D eigenvalue weighted by molar-refractivity contribution is 7.80. The molecule has 0 saturated heterocycles.